The van der Waals surface area contributed by atoms with Crippen LogP contribution in [0.2, 0.25) is 0 Å². The molecular weight excluding hydrogens is 388 g/mol. The minimum Gasteiger partial charge on any atom is -0.338 e. The van der Waals surface area contributed by atoms with Crippen molar-refractivity contribution < 1.29 is 21.6 Å². The molecule has 150 valence electrons. The van der Waals surface area contributed by atoms with Crippen molar-refractivity contribution in [3.63, 3.8) is 0 Å². The zero-order valence-electron chi connectivity index (χ0n) is 15.5. The predicted octanol–water partition coefficient (Wildman–Crippen LogP) is 0.879. The Bertz CT molecular complexity index is 925. The number of nitrogens with zero attached hydrogens (tertiary/aromatic N) is 1. The summed E-state index contributed by atoms with van der Waals surface area (Å²) in [5, 5.41) is 0. The van der Waals surface area contributed by atoms with Crippen molar-refractivity contribution >= 4 is 25.8 Å². The molecule has 0 aromatic heterocycles. The maximum Gasteiger partial charge on any atom is 0.241 e. The number of benzene rings is 1. The number of nitrogens with one attached hydrogen (secondary N) is 1. The van der Waals surface area contributed by atoms with Crippen LogP contribution in [0.5, 0.6) is 0 Å². The topological polar surface area (TPSA) is 101 Å². The minimum atomic E-state index is -3.79. The molecule has 3 rings (SSSR count). The quantitative estimate of drug-likeness (QED) is 0.745. The fraction of sp³-hybridized carbons (Fsp3) is 0.611. The van der Waals surface area contributed by atoms with Gasteiger partial charge in [0.15, 0.2) is 9.84 Å². The van der Waals surface area contributed by atoms with Crippen LogP contribution in [-0.4, -0.2) is 58.3 Å². The van der Waals surface area contributed by atoms with E-state index in [2.05, 4.69) is 4.72 Å². The van der Waals surface area contributed by atoms with E-state index in [4.69, 9.17) is 0 Å². The monoisotopic (exact) mass is 414 g/mol. The molecule has 0 radical (unpaired) electrons. The molecule has 7 nitrogen and oxygen atoms in total. The molecule has 27 heavy (non-hydrogen) atoms. The highest BCUT2D eigenvalue weighted by Gasteiger charge is 2.34. The number of fused-ring (bicyclic) bond motifs is 1. The van der Waals surface area contributed by atoms with E-state index >= 15 is 0 Å². The molecule has 9 heteroatoms. The van der Waals surface area contributed by atoms with Gasteiger partial charge in [-0.05, 0) is 62.3 Å². The van der Waals surface area contributed by atoms with Gasteiger partial charge in [0, 0.05) is 12.6 Å². The first-order chi connectivity index (χ1) is 12.7. The van der Waals surface area contributed by atoms with Crippen molar-refractivity contribution in [2.45, 2.75) is 50.0 Å². The molecule has 1 aliphatic heterocycles. The van der Waals surface area contributed by atoms with Gasteiger partial charge in [-0.1, -0.05) is 6.07 Å². The molecule has 2 aliphatic rings. The number of rotatable bonds is 6. The highest BCUT2D eigenvalue weighted by Crippen LogP contribution is 2.24. The first-order valence-electron chi connectivity index (χ1n) is 9.33. The third kappa shape index (κ3) is 4.70. The molecule has 1 aliphatic carbocycles. The largest absolute Gasteiger partial charge is 0.338 e. The molecule has 1 fully saturated rings. The zero-order valence-corrected chi connectivity index (χ0v) is 17.1. The van der Waals surface area contributed by atoms with Crippen LogP contribution in [-0.2, 0) is 37.5 Å². The van der Waals surface area contributed by atoms with Gasteiger partial charge in [-0.15, -0.1) is 0 Å². The van der Waals surface area contributed by atoms with E-state index < -0.39 is 25.8 Å². The van der Waals surface area contributed by atoms with Crippen molar-refractivity contribution in [1.82, 2.24) is 9.62 Å². The molecule has 1 unspecified atom stereocenters. The van der Waals surface area contributed by atoms with E-state index in [1.165, 1.54) is 10.5 Å². The summed E-state index contributed by atoms with van der Waals surface area (Å²) in [7, 11) is -6.90. The Morgan fingerprint density at radius 3 is 2.56 bits per heavy atom. The molecule has 0 bridgehead atoms. The summed E-state index contributed by atoms with van der Waals surface area (Å²) < 4.78 is 50.8. The number of likely N-dealkylation sites (N-methyl/N-ethyl adjacent to an activating group) is 1. The molecule has 1 atom stereocenters. The van der Waals surface area contributed by atoms with Gasteiger partial charge in [0.1, 0.15) is 0 Å². The van der Waals surface area contributed by atoms with Gasteiger partial charge in [0.25, 0.3) is 0 Å². The standard InChI is InChI=1S/C18H26N2O5S2/c1-2-20(16-9-10-26(22,23)13-16)18(21)12-19-27(24,25)17-8-7-14-5-3-4-6-15(14)11-17/h7-8,11,16,19H,2-6,9-10,12-13H2,1H3. The maximum atomic E-state index is 12.6. The average molecular weight is 415 g/mol. The van der Waals surface area contributed by atoms with Crippen LogP contribution in [0, 0.1) is 0 Å². The second-order valence-corrected chi connectivity index (χ2v) is 11.2. The minimum absolute atomic E-state index is 0.0514. The molecule has 0 saturated carbocycles. The van der Waals surface area contributed by atoms with Crippen molar-refractivity contribution in [2.75, 3.05) is 24.6 Å². The summed E-state index contributed by atoms with van der Waals surface area (Å²) in [4.78, 5) is 14.1. The summed E-state index contributed by atoms with van der Waals surface area (Å²) in [6.45, 7) is 1.74. The summed E-state index contributed by atoms with van der Waals surface area (Å²) in [6.07, 6.45) is 4.42. The lowest BCUT2D eigenvalue weighted by Gasteiger charge is -2.27. The van der Waals surface area contributed by atoms with Crippen molar-refractivity contribution in [3.8, 4) is 0 Å². The lowest BCUT2D eigenvalue weighted by Crippen LogP contribution is -2.46. The number of sulfone groups is 1. The van der Waals surface area contributed by atoms with Crippen molar-refractivity contribution in [3.05, 3.63) is 29.3 Å². The van der Waals surface area contributed by atoms with Crippen LogP contribution in [0.15, 0.2) is 23.1 Å². The van der Waals surface area contributed by atoms with Gasteiger partial charge in [0.2, 0.25) is 15.9 Å². The van der Waals surface area contributed by atoms with E-state index in [-0.39, 0.29) is 29.0 Å². The Balaban J connectivity index is 1.66. The Morgan fingerprint density at radius 2 is 1.93 bits per heavy atom. The lowest BCUT2D eigenvalue weighted by molar-refractivity contribution is -0.131. The van der Waals surface area contributed by atoms with Crippen molar-refractivity contribution in [2.24, 2.45) is 0 Å². The van der Waals surface area contributed by atoms with E-state index in [0.29, 0.717) is 13.0 Å². The fourth-order valence-electron chi connectivity index (χ4n) is 3.88. The van der Waals surface area contributed by atoms with Crippen LogP contribution >= 0.6 is 0 Å². The van der Waals surface area contributed by atoms with E-state index in [0.717, 1.165) is 31.2 Å². The Morgan fingerprint density at radius 1 is 1.22 bits per heavy atom. The highest BCUT2D eigenvalue weighted by molar-refractivity contribution is 7.91. The van der Waals surface area contributed by atoms with Crippen LogP contribution in [0.1, 0.15) is 37.3 Å². The van der Waals surface area contributed by atoms with E-state index in [1.54, 1.807) is 19.1 Å². The number of amides is 1. The Labute approximate surface area is 161 Å². The third-order valence-electron chi connectivity index (χ3n) is 5.35. The van der Waals surface area contributed by atoms with Crippen LogP contribution < -0.4 is 4.72 Å². The predicted molar refractivity (Wildman–Crippen MR) is 103 cm³/mol. The highest BCUT2D eigenvalue weighted by atomic mass is 32.2. The van der Waals surface area contributed by atoms with Crippen LogP contribution in [0.4, 0.5) is 0 Å². The molecule has 1 heterocycles. The Hall–Kier alpha value is -1.45. The van der Waals surface area contributed by atoms with E-state index in [9.17, 15) is 21.6 Å². The number of aryl methyl sites for hydroxylation is 2. The van der Waals surface area contributed by atoms with Gasteiger partial charge in [-0.25, -0.2) is 21.6 Å². The van der Waals surface area contributed by atoms with Crippen LogP contribution in [0.3, 0.4) is 0 Å². The summed E-state index contributed by atoms with van der Waals surface area (Å²) in [5.74, 6) is -0.381. The third-order valence-corrected chi connectivity index (χ3v) is 8.50. The number of sulfonamides is 1. The second-order valence-electron chi connectivity index (χ2n) is 7.20. The van der Waals surface area contributed by atoms with E-state index in [1.807, 2.05) is 6.07 Å². The van der Waals surface area contributed by atoms with Gasteiger partial charge in [-0.3, -0.25) is 4.79 Å². The number of hydrogen-bond acceptors (Lipinski definition) is 5. The van der Waals surface area contributed by atoms with Gasteiger partial charge in [-0.2, -0.15) is 0 Å². The summed E-state index contributed by atoms with van der Waals surface area (Å²) >= 11 is 0. The van der Waals surface area contributed by atoms with Crippen molar-refractivity contribution in [1.29, 1.82) is 0 Å². The van der Waals surface area contributed by atoms with Gasteiger partial charge >= 0.3 is 0 Å². The molecule has 1 saturated heterocycles. The number of carbonyl (C=O) groups is 1. The first-order valence-corrected chi connectivity index (χ1v) is 12.6. The molecule has 1 aromatic rings. The molecule has 0 spiro atoms. The molecule has 1 amide bonds. The number of hydrogen-bond donors (Lipinski definition) is 1. The first kappa shape index (κ1) is 20.3. The average Bonchev–Trinajstić information content (AvgIpc) is 2.99. The molecular formula is C18H26N2O5S2. The zero-order chi connectivity index (χ0) is 19.7. The second kappa shape index (κ2) is 7.89. The smallest absolute Gasteiger partial charge is 0.241 e. The molecule has 1 N–H and O–H groups in total. The SMILES string of the molecule is CCN(C(=O)CNS(=O)(=O)c1ccc2c(c1)CCCC2)C1CCS(=O)(=O)C1. The Kier molecular flexibility index (Phi) is 5.93. The van der Waals surface area contributed by atoms with Gasteiger partial charge in [0.05, 0.1) is 22.9 Å². The lowest BCUT2D eigenvalue weighted by atomic mass is 9.92. The number of carbonyl (C=O) groups excluding carboxylic acids is 1. The van der Waals surface area contributed by atoms with Gasteiger partial charge < -0.3 is 4.90 Å². The fourth-order valence-corrected chi connectivity index (χ4v) is 6.63. The maximum absolute atomic E-state index is 12.6. The normalized spacial score (nSPS) is 21.6. The van der Waals surface area contributed by atoms with Crippen LogP contribution in [0.25, 0.3) is 0 Å². The summed E-state index contributed by atoms with van der Waals surface area (Å²) in [5.41, 5.74) is 2.25. The molecule has 1 aromatic carbocycles. The summed E-state index contributed by atoms with van der Waals surface area (Å²) in [6, 6.07) is 4.76.